The fourth-order valence-corrected chi connectivity index (χ4v) is 3.60. The third-order valence-electron chi connectivity index (χ3n) is 3.16. The van der Waals surface area contributed by atoms with Crippen LogP contribution in [0.1, 0.15) is 28.5 Å². The molecule has 0 aliphatic carbocycles. The molecule has 1 amide bonds. The second-order valence-electron chi connectivity index (χ2n) is 4.65. The van der Waals surface area contributed by atoms with Crippen molar-refractivity contribution in [2.45, 2.75) is 18.8 Å². The Hall–Kier alpha value is -1.43. The number of carbonyl (C=O) groups is 1. The van der Waals surface area contributed by atoms with Crippen LogP contribution in [0.5, 0.6) is 0 Å². The van der Waals surface area contributed by atoms with Gasteiger partial charge in [0.25, 0.3) is 0 Å². The van der Waals surface area contributed by atoms with Gasteiger partial charge >= 0.3 is 0 Å². The first-order valence-electron chi connectivity index (χ1n) is 6.93. The summed E-state index contributed by atoms with van der Waals surface area (Å²) in [4.78, 5) is 14.1. The minimum atomic E-state index is -0.0719. The van der Waals surface area contributed by atoms with E-state index in [4.69, 9.17) is 5.11 Å². The summed E-state index contributed by atoms with van der Waals surface area (Å²) in [5.74, 6) is 0.244. The molecule has 3 nitrogen and oxygen atoms in total. The summed E-state index contributed by atoms with van der Waals surface area (Å²) in [6.45, 7) is 0.797. The van der Waals surface area contributed by atoms with Crippen LogP contribution in [0, 0.1) is 0 Å². The Bertz CT molecular complexity index is 547. The molecule has 0 radical (unpaired) electrons. The fraction of sp³-hybridized carbons (Fsp3) is 0.312. The standard InChI is InChI=1S/C16H19NO2S2/c18-10-8-13(15-4-2-12-21-15)7-9-17-16(19)6-5-14-3-1-11-20-14/h1-6,11-13,18H,7-10H2,(H,17,19)/b6-5+. The lowest BCUT2D eigenvalue weighted by Gasteiger charge is -2.14. The molecule has 0 bridgehead atoms. The maximum atomic E-state index is 11.7. The maximum Gasteiger partial charge on any atom is 0.244 e. The molecule has 0 saturated carbocycles. The van der Waals surface area contributed by atoms with Crippen LogP contribution >= 0.6 is 22.7 Å². The first-order valence-corrected chi connectivity index (χ1v) is 8.69. The van der Waals surface area contributed by atoms with Crippen LogP contribution in [0.2, 0.25) is 0 Å². The van der Waals surface area contributed by atoms with Crippen LogP contribution < -0.4 is 5.32 Å². The monoisotopic (exact) mass is 321 g/mol. The Kier molecular flexibility index (Phi) is 6.66. The number of nitrogens with one attached hydrogen (secondary N) is 1. The molecule has 2 aromatic heterocycles. The average molecular weight is 321 g/mol. The van der Waals surface area contributed by atoms with E-state index in [1.807, 2.05) is 35.0 Å². The SMILES string of the molecule is O=C(/C=C/c1cccs1)NCCC(CCO)c1cccs1. The van der Waals surface area contributed by atoms with E-state index in [2.05, 4.69) is 11.4 Å². The van der Waals surface area contributed by atoms with Crippen LogP contribution in [0.15, 0.2) is 41.1 Å². The normalized spacial score (nSPS) is 12.6. The van der Waals surface area contributed by atoms with E-state index in [1.165, 1.54) is 4.88 Å². The third-order valence-corrected chi connectivity index (χ3v) is 5.03. The average Bonchev–Trinajstić information content (AvgIpc) is 3.17. The minimum absolute atomic E-state index is 0.0719. The molecule has 2 aromatic rings. The van der Waals surface area contributed by atoms with Gasteiger partial charge < -0.3 is 10.4 Å². The van der Waals surface area contributed by atoms with Crippen molar-refractivity contribution >= 4 is 34.7 Å². The molecule has 0 aromatic carbocycles. The zero-order valence-electron chi connectivity index (χ0n) is 11.7. The molecule has 1 atom stereocenters. The van der Waals surface area contributed by atoms with Crippen molar-refractivity contribution < 1.29 is 9.90 Å². The highest BCUT2D eigenvalue weighted by Gasteiger charge is 2.12. The van der Waals surface area contributed by atoms with E-state index < -0.39 is 0 Å². The molecule has 2 rings (SSSR count). The molecular formula is C16H19NO2S2. The van der Waals surface area contributed by atoms with Crippen LogP contribution in [-0.2, 0) is 4.79 Å². The molecule has 0 aliphatic rings. The van der Waals surface area contributed by atoms with Crippen LogP contribution in [0.3, 0.4) is 0 Å². The van der Waals surface area contributed by atoms with Gasteiger partial charge in [0.05, 0.1) is 0 Å². The Balaban J connectivity index is 1.75. The quantitative estimate of drug-likeness (QED) is 0.731. The lowest BCUT2D eigenvalue weighted by Crippen LogP contribution is -2.23. The largest absolute Gasteiger partial charge is 0.396 e. The summed E-state index contributed by atoms with van der Waals surface area (Å²) in [6, 6.07) is 8.04. The van der Waals surface area contributed by atoms with E-state index in [0.29, 0.717) is 12.5 Å². The van der Waals surface area contributed by atoms with Gasteiger partial charge in [0.2, 0.25) is 5.91 Å². The minimum Gasteiger partial charge on any atom is -0.396 e. The molecule has 2 N–H and O–H groups in total. The number of aliphatic hydroxyl groups is 1. The van der Waals surface area contributed by atoms with Crippen molar-refractivity contribution in [2.24, 2.45) is 0 Å². The molecule has 1 unspecified atom stereocenters. The van der Waals surface area contributed by atoms with E-state index in [-0.39, 0.29) is 12.5 Å². The highest BCUT2D eigenvalue weighted by atomic mass is 32.1. The van der Waals surface area contributed by atoms with Gasteiger partial charge in [0, 0.05) is 29.0 Å². The van der Waals surface area contributed by atoms with Crippen molar-refractivity contribution in [2.75, 3.05) is 13.2 Å². The summed E-state index contributed by atoms with van der Waals surface area (Å²) in [6.07, 6.45) is 4.98. The predicted molar refractivity (Wildman–Crippen MR) is 89.7 cm³/mol. The summed E-state index contributed by atoms with van der Waals surface area (Å²) >= 11 is 3.31. The van der Waals surface area contributed by atoms with Gasteiger partial charge in [0.1, 0.15) is 0 Å². The summed E-state index contributed by atoms with van der Waals surface area (Å²) in [5, 5.41) is 16.1. The molecule has 21 heavy (non-hydrogen) atoms. The first-order chi connectivity index (χ1) is 10.3. The summed E-state index contributed by atoms with van der Waals surface area (Å²) < 4.78 is 0. The van der Waals surface area contributed by atoms with Gasteiger partial charge in [-0.3, -0.25) is 4.79 Å². The summed E-state index contributed by atoms with van der Waals surface area (Å²) in [7, 11) is 0. The number of hydrogen-bond acceptors (Lipinski definition) is 4. The van der Waals surface area contributed by atoms with Crippen LogP contribution in [0.25, 0.3) is 6.08 Å². The Morgan fingerprint density at radius 3 is 2.71 bits per heavy atom. The lowest BCUT2D eigenvalue weighted by molar-refractivity contribution is -0.116. The smallest absolute Gasteiger partial charge is 0.244 e. The van der Waals surface area contributed by atoms with Crippen LogP contribution in [-0.4, -0.2) is 24.2 Å². The van der Waals surface area contributed by atoms with Gasteiger partial charge in [-0.2, -0.15) is 0 Å². The predicted octanol–water partition coefficient (Wildman–Crippen LogP) is 3.50. The molecule has 0 aliphatic heterocycles. The van der Waals surface area contributed by atoms with Crippen molar-refractivity contribution in [1.82, 2.24) is 5.32 Å². The van der Waals surface area contributed by atoms with Crippen molar-refractivity contribution in [1.29, 1.82) is 0 Å². The van der Waals surface area contributed by atoms with Gasteiger partial charge in [-0.15, -0.1) is 22.7 Å². The third kappa shape index (κ3) is 5.46. The molecule has 0 fully saturated rings. The topological polar surface area (TPSA) is 49.3 Å². The van der Waals surface area contributed by atoms with E-state index in [9.17, 15) is 4.79 Å². The number of hydrogen-bond donors (Lipinski definition) is 2. The van der Waals surface area contributed by atoms with E-state index in [0.717, 1.165) is 17.7 Å². The molecular weight excluding hydrogens is 302 g/mol. The Labute approximate surface area is 133 Å². The van der Waals surface area contributed by atoms with E-state index in [1.54, 1.807) is 28.7 Å². The van der Waals surface area contributed by atoms with E-state index >= 15 is 0 Å². The second-order valence-corrected chi connectivity index (χ2v) is 6.61. The van der Waals surface area contributed by atoms with Gasteiger partial charge in [-0.05, 0) is 47.7 Å². The highest BCUT2D eigenvalue weighted by Crippen LogP contribution is 2.26. The molecule has 5 heteroatoms. The second kappa shape index (κ2) is 8.77. The first kappa shape index (κ1) is 15.9. The van der Waals surface area contributed by atoms with Crippen molar-refractivity contribution in [3.63, 3.8) is 0 Å². The number of rotatable bonds is 8. The molecule has 0 saturated heterocycles. The molecule has 112 valence electrons. The summed E-state index contributed by atoms with van der Waals surface area (Å²) in [5.41, 5.74) is 0. The molecule has 0 spiro atoms. The Morgan fingerprint density at radius 1 is 1.24 bits per heavy atom. The fourth-order valence-electron chi connectivity index (χ4n) is 2.08. The number of carbonyl (C=O) groups excluding carboxylic acids is 1. The van der Waals surface area contributed by atoms with Crippen molar-refractivity contribution in [3.05, 3.63) is 50.9 Å². The van der Waals surface area contributed by atoms with Gasteiger partial charge in [0.15, 0.2) is 0 Å². The zero-order valence-corrected chi connectivity index (χ0v) is 13.3. The number of aliphatic hydroxyl groups excluding tert-OH is 1. The van der Waals surface area contributed by atoms with Gasteiger partial charge in [-0.1, -0.05) is 12.1 Å². The van der Waals surface area contributed by atoms with Gasteiger partial charge in [-0.25, -0.2) is 0 Å². The lowest BCUT2D eigenvalue weighted by atomic mass is 10.00. The zero-order chi connectivity index (χ0) is 14.9. The number of thiophene rings is 2. The van der Waals surface area contributed by atoms with Crippen molar-refractivity contribution in [3.8, 4) is 0 Å². The maximum absolute atomic E-state index is 11.7. The number of amides is 1. The molecule has 2 heterocycles. The highest BCUT2D eigenvalue weighted by molar-refractivity contribution is 7.10. The van der Waals surface area contributed by atoms with Crippen LogP contribution in [0.4, 0.5) is 0 Å². The Morgan fingerprint density at radius 2 is 2.05 bits per heavy atom.